The Balaban J connectivity index is 2.24. The quantitative estimate of drug-likeness (QED) is 0.725. The van der Waals surface area contributed by atoms with Gasteiger partial charge in [-0.05, 0) is 42.0 Å². The molecule has 0 aliphatic rings. The van der Waals surface area contributed by atoms with E-state index in [9.17, 15) is 9.90 Å². The van der Waals surface area contributed by atoms with E-state index in [0.717, 1.165) is 0 Å². The average molecular weight is 268 g/mol. The molecule has 0 aliphatic carbocycles. The predicted octanol–water partition coefficient (Wildman–Crippen LogP) is 3.17. The van der Waals surface area contributed by atoms with Gasteiger partial charge in [0.1, 0.15) is 17.1 Å². The fraction of sp³-hybridized carbons (Fsp3) is 0.0625. The van der Waals surface area contributed by atoms with Crippen LogP contribution in [0, 0.1) is 0 Å². The van der Waals surface area contributed by atoms with Crippen molar-refractivity contribution in [3.05, 3.63) is 59.0 Å². The number of hydrogen-bond donors (Lipinski definition) is 1. The Labute approximate surface area is 114 Å². The van der Waals surface area contributed by atoms with E-state index in [1.165, 1.54) is 6.07 Å². The molecule has 1 aromatic heterocycles. The fourth-order valence-corrected chi connectivity index (χ4v) is 2.10. The predicted molar refractivity (Wildman–Crippen MR) is 76.1 cm³/mol. The summed E-state index contributed by atoms with van der Waals surface area (Å²) in [5, 5.41) is 10.2. The minimum Gasteiger partial charge on any atom is -0.508 e. The molecule has 0 saturated carbocycles. The summed E-state index contributed by atoms with van der Waals surface area (Å²) in [4.78, 5) is 12.0. The smallest absolute Gasteiger partial charge is 0.344 e. The molecule has 3 aromatic rings. The van der Waals surface area contributed by atoms with Gasteiger partial charge in [0.25, 0.3) is 0 Å². The van der Waals surface area contributed by atoms with Gasteiger partial charge >= 0.3 is 5.63 Å². The standard InChI is InChI=1S/C16H12O4/c1-19-13-4-2-3-10(8-13)14-9-11-7-12(17)5-6-15(11)20-16(14)18/h2-9,17H,1H3. The molecule has 0 unspecified atom stereocenters. The lowest BCUT2D eigenvalue weighted by atomic mass is 10.1. The zero-order chi connectivity index (χ0) is 14.1. The van der Waals surface area contributed by atoms with Crippen LogP contribution >= 0.6 is 0 Å². The number of methoxy groups -OCH3 is 1. The van der Waals surface area contributed by atoms with Gasteiger partial charge in [0, 0.05) is 5.39 Å². The van der Waals surface area contributed by atoms with Crippen LogP contribution in [0.3, 0.4) is 0 Å². The number of phenols is 1. The van der Waals surface area contributed by atoms with Crippen LogP contribution in [0.15, 0.2) is 57.7 Å². The van der Waals surface area contributed by atoms with Gasteiger partial charge in [0.05, 0.1) is 12.7 Å². The highest BCUT2D eigenvalue weighted by atomic mass is 16.5. The summed E-state index contributed by atoms with van der Waals surface area (Å²) in [6.07, 6.45) is 0. The highest BCUT2D eigenvalue weighted by Crippen LogP contribution is 2.26. The van der Waals surface area contributed by atoms with Crippen molar-refractivity contribution in [1.82, 2.24) is 0 Å². The van der Waals surface area contributed by atoms with Crippen molar-refractivity contribution in [2.45, 2.75) is 0 Å². The van der Waals surface area contributed by atoms with Gasteiger partial charge in [0.2, 0.25) is 0 Å². The Kier molecular flexibility index (Phi) is 2.91. The van der Waals surface area contributed by atoms with E-state index in [2.05, 4.69) is 0 Å². The lowest BCUT2D eigenvalue weighted by molar-refractivity contribution is 0.415. The van der Waals surface area contributed by atoms with Crippen LogP contribution in [0.4, 0.5) is 0 Å². The molecule has 3 rings (SSSR count). The van der Waals surface area contributed by atoms with Crippen LogP contribution in [0.1, 0.15) is 0 Å². The van der Waals surface area contributed by atoms with Crippen LogP contribution in [0.25, 0.3) is 22.1 Å². The first-order chi connectivity index (χ1) is 9.67. The highest BCUT2D eigenvalue weighted by Gasteiger charge is 2.09. The first-order valence-electron chi connectivity index (χ1n) is 6.09. The monoisotopic (exact) mass is 268 g/mol. The molecule has 0 radical (unpaired) electrons. The average Bonchev–Trinajstić information content (AvgIpc) is 2.47. The van der Waals surface area contributed by atoms with Gasteiger partial charge in [-0.25, -0.2) is 4.79 Å². The lowest BCUT2D eigenvalue weighted by Gasteiger charge is -2.05. The van der Waals surface area contributed by atoms with Crippen molar-refractivity contribution in [3.63, 3.8) is 0 Å². The molecule has 0 fully saturated rings. The Morgan fingerprint density at radius 2 is 1.95 bits per heavy atom. The maximum atomic E-state index is 12.0. The van der Waals surface area contributed by atoms with E-state index >= 15 is 0 Å². The third-order valence-electron chi connectivity index (χ3n) is 3.10. The second-order valence-corrected chi connectivity index (χ2v) is 4.40. The molecule has 100 valence electrons. The second-order valence-electron chi connectivity index (χ2n) is 4.40. The van der Waals surface area contributed by atoms with Gasteiger partial charge < -0.3 is 14.3 Å². The van der Waals surface area contributed by atoms with Gasteiger partial charge in [-0.3, -0.25) is 0 Å². The summed E-state index contributed by atoms with van der Waals surface area (Å²) in [5.74, 6) is 0.792. The van der Waals surface area contributed by atoms with Crippen molar-refractivity contribution in [2.75, 3.05) is 7.11 Å². The lowest BCUT2D eigenvalue weighted by Crippen LogP contribution is -2.02. The summed E-state index contributed by atoms with van der Waals surface area (Å²) < 4.78 is 10.4. The second kappa shape index (κ2) is 4.74. The van der Waals surface area contributed by atoms with E-state index in [4.69, 9.17) is 9.15 Å². The largest absolute Gasteiger partial charge is 0.508 e. The molecule has 0 amide bonds. The highest BCUT2D eigenvalue weighted by molar-refractivity contribution is 5.83. The summed E-state index contributed by atoms with van der Waals surface area (Å²) in [6.45, 7) is 0. The SMILES string of the molecule is COc1cccc(-c2cc3cc(O)ccc3oc2=O)c1. The normalized spacial score (nSPS) is 10.7. The van der Waals surface area contributed by atoms with E-state index in [1.54, 1.807) is 43.5 Å². The zero-order valence-electron chi connectivity index (χ0n) is 10.8. The van der Waals surface area contributed by atoms with Crippen molar-refractivity contribution in [3.8, 4) is 22.6 Å². The van der Waals surface area contributed by atoms with Crippen LogP contribution in [-0.2, 0) is 0 Å². The number of aromatic hydroxyl groups is 1. The van der Waals surface area contributed by atoms with Crippen LogP contribution < -0.4 is 10.4 Å². The first-order valence-corrected chi connectivity index (χ1v) is 6.09. The summed E-state index contributed by atoms with van der Waals surface area (Å²) in [7, 11) is 1.57. The molecule has 0 bridgehead atoms. The molecule has 4 heteroatoms. The molecule has 0 spiro atoms. The van der Waals surface area contributed by atoms with Gasteiger partial charge in [-0.1, -0.05) is 12.1 Å². The number of ether oxygens (including phenoxy) is 1. The first kappa shape index (κ1) is 12.3. The molecule has 0 aliphatic heterocycles. The van der Waals surface area contributed by atoms with Crippen LogP contribution in [-0.4, -0.2) is 12.2 Å². The van der Waals surface area contributed by atoms with Gasteiger partial charge in [-0.15, -0.1) is 0 Å². The molecule has 0 saturated heterocycles. The number of benzene rings is 2. The molecule has 1 N–H and O–H groups in total. The van der Waals surface area contributed by atoms with E-state index in [1.807, 2.05) is 6.07 Å². The molecular formula is C16H12O4. The van der Waals surface area contributed by atoms with Crippen LogP contribution in [0.2, 0.25) is 0 Å². The van der Waals surface area contributed by atoms with Crippen molar-refractivity contribution in [2.24, 2.45) is 0 Å². The van der Waals surface area contributed by atoms with E-state index < -0.39 is 5.63 Å². The Morgan fingerprint density at radius 3 is 2.75 bits per heavy atom. The van der Waals surface area contributed by atoms with Crippen molar-refractivity contribution in [1.29, 1.82) is 0 Å². The molecule has 0 atom stereocenters. The molecule has 2 aromatic carbocycles. The van der Waals surface area contributed by atoms with Crippen LogP contribution in [0.5, 0.6) is 11.5 Å². The fourth-order valence-electron chi connectivity index (χ4n) is 2.10. The molecule has 1 heterocycles. The maximum Gasteiger partial charge on any atom is 0.344 e. The Bertz CT molecular complexity index is 833. The Hall–Kier alpha value is -2.75. The number of hydrogen-bond acceptors (Lipinski definition) is 4. The van der Waals surface area contributed by atoms with Gasteiger partial charge in [-0.2, -0.15) is 0 Å². The Morgan fingerprint density at radius 1 is 1.10 bits per heavy atom. The zero-order valence-corrected chi connectivity index (χ0v) is 10.8. The van der Waals surface area contributed by atoms with Crippen molar-refractivity contribution < 1.29 is 14.3 Å². The third-order valence-corrected chi connectivity index (χ3v) is 3.10. The van der Waals surface area contributed by atoms with Gasteiger partial charge in [0.15, 0.2) is 0 Å². The number of phenolic OH excluding ortho intramolecular Hbond substituents is 1. The summed E-state index contributed by atoms with van der Waals surface area (Å²) in [5.41, 5.74) is 1.17. The third kappa shape index (κ3) is 2.12. The van der Waals surface area contributed by atoms with Crippen molar-refractivity contribution >= 4 is 11.0 Å². The molecule has 20 heavy (non-hydrogen) atoms. The topological polar surface area (TPSA) is 59.7 Å². The molecule has 4 nitrogen and oxygen atoms in total. The summed E-state index contributed by atoms with van der Waals surface area (Å²) >= 11 is 0. The summed E-state index contributed by atoms with van der Waals surface area (Å²) in [6, 6.07) is 13.5. The number of rotatable bonds is 2. The van der Waals surface area contributed by atoms with E-state index in [-0.39, 0.29) is 5.75 Å². The minimum atomic E-state index is -0.420. The number of fused-ring (bicyclic) bond motifs is 1. The van der Waals surface area contributed by atoms with E-state index in [0.29, 0.717) is 27.8 Å². The molecular weight excluding hydrogens is 256 g/mol. The minimum absolute atomic E-state index is 0.128. The maximum absolute atomic E-state index is 12.0.